The van der Waals surface area contributed by atoms with Crippen molar-refractivity contribution in [1.29, 1.82) is 0 Å². The van der Waals surface area contributed by atoms with E-state index in [9.17, 15) is 4.79 Å². The summed E-state index contributed by atoms with van der Waals surface area (Å²) >= 11 is 4.83. The van der Waals surface area contributed by atoms with Crippen LogP contribution < -0.4 is 10.6 Å². The molecule has 3 aromatic rings. The van der Waals surface area contributed by atoms with Crippen LogP contribution in [0.5, 0.6) is 0 Å². The Balaban J connectivity index is 2.04. The van der Waals surface area contributed by atoms with Gasteiger partial charge in [-0.3, -0.25) is 9.78 Å². The van der Waals surface area contributed by atoms with Gasteiger partial charge in [0.1, 0.15) is 4.88 Å². The summed E-state index contributed by atoms with van der Waals surface area (Å²) in [6, 6.07) is 9.45. The molecule has 0 bridgehead atoms. The zero-order chi connectivity index (χ0) is 15.0. The van der Waals surface area contributed by atoms with E-state index in [-0.39, 0.29) is 5.91 Å². The molecule has 6 heteroatoms. The molecule has 2 N–H and O–H groups in total. The maximum Gasteiger partial charge on any atom is 0.270 e. The molecule has 0 aliphatic heterocycles. The van der Waals surface area contributed by atoms with Crippen LogP contribution in [-0.2, 0) is 0 Å². The number of fused-ring (bicyclic) bond motifs is 1. The Hall–Kier alpha value is -1.92. The molecule has 106 valence electrons. The number of pyridine rings is 1. The Morgan fingerprint density at radius 2 is 2.19 bits per heavy atom. The van der Waals surface area contributed by atoms with Crippen LogP contribution in [-0.4, -0.2) is 17.9 Å². The number of hydrogen-bond acceptors (Lipinski definition) is 4. The van der Waals surface area contributed by atoms with E-state index in [2.05, 4.69) is 20.9 Å². The molecule has 1 amide bonds. The third kappa shape index (κ3) is 2.52. The highest BCUT2D eigenvalue weighted by atomic mass is 79.9. The third-order valence-corrected chi connectivity index (χ3v) is 4.87. The second-order valence-corrected chi connectivity index (χ2v) is 6.53. The lowest BCUT2D eigenvalue weighted by molar-refractivity contribution is 0.0997. The highest BCUT2D eigenvalue weighted by molar-refractivity contribution is 9.10. The molecule has 0 saturated heterocycles. The highest BCUT2D eigenvalue weighted by Crippen LogP contribution is 2.36. The fourth-order valence-electron chi connectivity index (χ4n) is 2.07. The zero-order valence-corrected chi connectivity index (χ0v) is 13.6. The Bertz CT molecular complexity index is 816. The number of benzene rings is 1. The topological polar surface area (TPSA) is 59.2 Å². The summed E-state index contributed by atoms with van der Waals surface area (Å²) in [5.74, 6) is -0.127. The maximum atomic E-state index is 12.6. The number of hydrogen-bond donors (Lipinski definition) is 1. The number of nitrogen functional groups attached to an aromatic ring is 1. The van der Waals surface area contributed by atoms with Crippen LogP contribution in [0.3, 0.4) is 0 Å². The van der Waals surface area contributed by atoms with E-state index in [1.54, 1.807) is 30.4 Å². The summed E-state index contributed by atoms with van der Waals surface area (Å²) in [5, 5.41) is 0.908. The molecular formula is C15H12BrN3OS. The van der Waals surface area contributed by atoms with Crippen LogP contribution in [0, 0.1) is 0 Å². The number of aromatic nitrogens is 1. The number of nitrogens with zero attached hydrogens (tertiary/aromatic N) is 2. The minimum Gasteiger partial charge on any atom is -0.397 e. The van der Waals surface area contributed by atoms with Gasteiger partial charge in [-0.05, 0) is 24.3 Å². The summed E-state index contributed by atoms with van der Waals surface area (Å²) in [6.07, 6.45) is 3.32. The summed E-state index contributed by atoms with van der Waals surface area (Å²) in [7, 11) is 1.72. The largest absolute Gasteiger partial charge is 0.397 e. The van der Waals surface area contributed by atoms with E-state index >= 15 is 0 Å². The monoisotopic (exact) mass is 361 g/mol. The Kier molecular flexibility index (Phi) is 3.65. The Labute approximate surface area is 134 Å². The first kappa shape index (κ1) is 14.0. The number of halogens is 1. The molecule has 2 aromatic heterocycles. The molecular weight excluding hydrogens is 350 g/mol. The molecule has 2 heterocycles. The van der Waals surface area contributed by atoms with Gasteiger partial charge in [0.25, 0.3) is 5.91 Å². The normalized spacial score (nSPS) is 10.8. The molecule has 3 rings (SSSR count). The molecule has 0 radical (unpaired) electrons. The average Bonchev–Trinajstić information content (AvgIpc) is 2.83. The zero-order valence-electron chi connectivity index (χ0n) is 11.2. The van der Waals surface area contributed by atoms with Crippen LogP contribution in [0.15, 0.2) is 47.2 Å². The Morgan fingerprint density at radius 1 is 1.38 bits per heavy atom. The minimum atomic E-state index is -0.127. The predicted molar refractivity (Wildman–Crippen MR) is 90.9 cm³/mol. The van der Waals surface area contributed by atoms with Crippen molar-refractivity contribution in [3.05, 3.63) is 52.1 Å². The molecule has 0 atom stereocenters. The van der Waals surface area contributed by atoms with Gasteiger partial charge in [-0.1, -0.05) is 22.0 Å². The van der Waals surface area contributed by atoms with Crippen LogP contribution in [0.1, 0.15) is 9.67 Å². The molecule has 0 unspecified atom stereocenters. The van der Waals surface area contributed by atoms with E-state index in [0.717, 1.165) is 20.2 Å². The van der Waals surface area contributed by atoms with Crippen molar-refractivity contribution in [2.24, 2.45) is 0 Å². The van der Waals surface area contributed by atoms with Gasteiger partial charge in [-0.15, -0.1) is 11.3 Å². The van der Waals surface area contributed by atoms with E-state index in [1.807, 2.05) is 24.3 Å². The first-order valence-electron chi connectivity index (χ1n) is 6.23. The van der Waals surface area contributed by atoms with Crippen LogP contribution in [0.25, 0.3) is 10.1 Å². The first-order valence-corrected chi connectivity index (χ1v) is 7.84. The third-order valence-electron chi connectivity index (χ3n) is 3.22. The van der Waals surface area contributed by atoms with Crippen molar-refractivity contribution in [3.63, 3.8) is 0 Å². The molecule has 0 aliphatic carbocycles. The Morgan fingerprint density at radius 3 is 2.90 bits per heavy atom. The van der Waals surface area contributed by atoms with Gasteiger partial charge in [0, 0.05) is 27.8 Å². The maximum absolute atomic E-state index is 12.6. The summed E-state index contributed by atoms with van der Waals surface area (Å²) < 4.78 is 1.96. The second kappa shape index (κ2) is 5.46. The van der Waals surface area contributed by atoms with E-state index in [4.69, 9.17) is 5.73 Å². The number of amides is 1. The number of carbonyl (C=O) groups is 1. The number of thiophene rings is 1. The van der Waals surface area contributed by atoms with Crippen molar-refractivity contribution >= 4 is 54.6 Å². The minimum absolute atomic E-state index is 0.127. The SMILES string of the molecule is CN(C(=O)c1sc2cc(Br)ccc2c1N)c1cccnc1. The molecule has 0 fully saturated rings. The van der Waals surface area contributed by atoms with Gasteiger partial charge in [0.2, 0.25) is 0 Å². The summed E-state index contributed by atoms with van der Waals surface area (Å²) in [4.78, 5) is 18.8. The van der Waals surface area contributed by atoms with Crippen LogP contribution >= 0.6 is 27.3 Å². The molecule has 21 heavy (non-hydrogen) atoms. The fourth-order valence-corrected chi connectivity index (χ4v) is 3.72. The van der Waals surface area contributed by atoms with Crippen molar-refractivity contribution in [1.82, 2.24) is 4.98 Å². The van der Waals surface area contributed by atoms with Crippen molar-refractivity contribution in [2.45, 2.75) is 0 Å². The number of anilines is 2. The lowest BCUT2D eigenvalue weighted by Gasteiger charge is -2.16. The number of nitrogens with two attached hydrogens (primary N) is 1. The van der Waals surface area contributed by atoms with Crippen LogP contribution in [0.4, 0.5) is 11.4 Å². The number of carbonyl (C=O) groups excluding carboxylic acids is 1. The summed E-state index contributed by atoms with van der Waals surface area (Å²) in [6.45, 7) is 0. The van der Waals surface area contributed by atoms with Crippen molar-refractivity contribution in [3.8, 4) is 0 Å². The van der Waals surface area contributed by atoms with Gasteiger partial charge in [-0.2, -0.15) is 0 Å². The predicted octanol–water partition coefficient (Wildman–Crippen LogP) is 3.92. The van der Waals surface area contributed by atoms with Gasteiger partial charge < -0.3 is 10.6 Å². The lowest BCUT2D eigenvalue weighted by atomic mass is 10.2. The van der Waals surface area contributed by atoms with Gasteiger partial charge >= 0.3 is 0 Å². The van der Waals surface area contributed by atoms with E-state index in [0.29, 0.717) is 10.6 Å². The molecule has 1 aromatic carbocycles. The molecule has 4 nitrogen and oxygen atoms in total. The fraction of sp³-hybridized carbons (Fsp3) is 0.0667. The highest BCUT2D eigenvalue weighted by Gasteiger charge is 2.20. The van der Waals surface area contributed by atoms with Crippen LogP contribution in [0.2, 0.25) is 0 Å². The van der Waals surface area contributed by atoms with Crippen molar-refractivity contribution in [2.75, 3.05) is 17.7 Å². The average molecular weight is 362 g/mol. The molecule has 0 saturated carbocycles. The second-order valence-electron chi connectivity index (χ2n) is 4.56. The quantitative estimate of drug-likeness (QED) is 0.752. The smallest absolute Gasteiger partial charge is 0.270 e. The molecule has 0 aliphatic rings. The standard InChI is InChI=1S/C15H12BrN3OS/c1-19(10-3-2-6-18-8-10)15(20)14-13(17)11-5-4-9(16)7-12(11)21-14/h2-8H,17H2,1H3. The van der Waals surface area contributed by atoms with Gasteiger partial charge in [0.05, 0.1) is 17.6 Å². The van der Waals surface area contributed by atoms with E-state index < -0.39 is 0 Å². The lowest BCUT2D eigenvalue weighted by Crippen LogP contribution is -2.26. The van der Waals surface area contributed by atoms with Gasteiger partial charge in [-0.25, -0.2) is 0 Å². The number of rotatable bonds is 2. The molecule has 0 spiro atoms. The first-order chi connectivity index (χ1) is 10.1. The van der Waals surface area contributed by atoms with Crippen molar-refractivity contribution < 1.29 is 4.79 Å². The van der Waals surface area contributed by atoms with Gasteiger partial charge in [0.15, 0.2) is 0 Å². The summed E-state index contributed by atoms with van der Waals surface area (Å²) in [5.41, 5.74) is 7.41. The van der Waals surface area contributed by atoms with E-state index in [1.165, 1.54) is 11.3 Å².